The van der Waals surface area contributed by atoms with Gasteiger partial charge in [0.15, 0.2) is 0 Å². The number of amides is 2. The van der Waals surface area contributed by atoms with E-state index in [-0.39, 0.29) is 38.4 Å². The highest BCUT2D eigenvalue weighted by atomic mass is 19.4. The number of hydrogen-bond acceptors (Lipinski definition) is 3. The van der Waals surface area contributed by atoms with Crippen molar-refractivity contribution in [3.8, 4) is 6.07 Å². The molecular weight excluding hydrogens is 251 g/mol. The van der Waals surface area contributed by atoms with Crippen LogP contribution in [0.3, 0.4) is 0 Å². The molecule has 0 aromatic carbocycles. The number of likely N-dealkylation sites (tertiary alicyclic amines) is 1. The van der Waals surface area contributed by atoms with Gasteiger partial charge in [0.25, 0.3) is 0 Å². The fourth-order valence-electron chi connectivity index (χ4n) is 1.76. The molecule has 0 bridgehead atoms. The lowest BCUT2D eigenvalue weighted by molar-refractivity contribution is -0.186. The van der Waals surface area contributed by atoms with Crippen molar-refractivity contribution in [1.82, 2.24) is 10.2 Å². The lowest BCUT2D eigenvalue weighted by Crippen LogP contribution is -2.49. The Labute approximate surface area is 102 Å². The van der Waals surface area contributed by atoms with E-state index < -0.39 is 18.0 Å². The zero-order chi connectivity index (χ0) is 13.8. The van der Waals surface area contributed by atoms with Gasteiger partial charge in [0.05, 0.1) is 6.07 Å². The number of hydrogen-bond donors (Lipinski definition) is 1. The number of rotatable bonds is 2. The summed E-state index contributed by atoms with van der Waals surface area (Å²) >= 11 is 0. The molecule has 0 aromatic rings. The van der Waals surface area contributed by atoms with Crippen molar-refractivity contribution >= 4 is 11.8 Å². The quantitative estimate of drug-likeness (QED) is 0.791. The highest BCUT2D eigenvalue weighted by molar-refractivity contribution is 5.82. The zero-order valence-corrected chi connectivity index (χ0v) is 9.46. The molecule has 1 heterocycles. The molecular formula is C10H12F3N3O2. The van der Waals surface area contributed by atoms with E-state index in [1.807, 2.05) is 0 Å². The SMILES string of the molecule is N#CCC(=O)NC1CCN(C(=O)C(F)(F)F)CC1. The van der Waals surface area contributed by atoms with Crippen molar-refractivity contribution in [1.29, 1.82) is 5.26 Å². The smallest absolute Gasteiger partial charge is 0.352 e. The average molecular weight is 263 g/mol. The topological polar surface area (TPSA) is 73.2 Å². The van der Waals surface area contributed by atoms with Gasteiger partial charge in [0.1, 0.15) is 6.42 Å². The fraction of sp³-hybridized carbons (Fsp3) is 0.700. The van der Waals surface area contributed by atoms with E-state index in [0.29, 0.717) is 0 Å². The van der Waals surface area contributed by atoms with Crippen LogP contribution in [0.2, 0.25) is 0 Å². The lowest BCUT2D eigenvalue weighted by atomic mass is 10.0. The van der Waals surface area contributed by atoms with Crippen LogP contribution in [0.4, 0.5) is 13.2 Å². The molecule has 5 nitrogen and oxygen atoms in total. The minimum absolute atomic E-state index is 0.0458. The summed E-state index contributed by atoms with van der Waals surface area (Å²) < 4.78 is 36.4. The Kier molecular flexibility index (Phi) is 4.53. The van der Waals surface area contributed by atoms with Gasteiger partial charge in [-0.05, 0) is 12.8 Å². The maximum absolute atomic E-state index is 12.1. The molecule has 0 atom stereocenters. The standard InChI is InChI=1S/C10H12F3N3O2/c11-10(12,13)9(18)16-5-2-7(3-6-16)15-8(17)1-4-14/h7H,1-3,5-6H2,(H,15,17). The summed E-state index contributed by atoms with van der Waals surface area (Å²) in [5.74, 6) is -2.29. The Bertz CT molecular complexity index is 368. The summed E-state index contributed by atoms with van der Waals surface area (Å²) in [6.07, 6.45) is -4.60. The fourth-order valence-corrected chi connectivity index (χ4v) is 1.76. The van der Waals surface area contributed by atoms with E-state index in [9.17, 15) is 22.8 Å². The summed E-state index contributed by atoms with van der Waals surface area (Å²) in [4.78, 5) is 22.7. The third-order valence-corrected chi connectivity index (χ3v) is 2.63. The first kappa shape index (κ1) is 14.3. The minimum Gasteiger partial charge on any atom is -0.352 e. The van der Waals surface area contributed by atoms with E-state index in [1.54, 1.807) is 6.07 Å². The molecule has 1 rings (SSSR count). The van der Waals surface area contributed by atoms with Crippen LogP contribution in [0, 0.1) is 11.3 Å². The molecule has 1 N–H and O–H groups in total. The van der Waals surface area contributed by atoms with Gasteiger partial charge in [-0.2, -0.15) is 18.4 Å². The van der Waals surface area contributed by atoms with Gasteiger partial charge in [-0.1, -0.05) is 0 Å². The number of piperidine rings is 1. The molecule has 1 saturated heterocycles. The van der Waals surface area contributed by atoms with E-state index in [0.717, 1.165) is 4.90 Å². The van der Waals surface area contributed by atoms with E-state index >= 15 is 0 Å². The van der Waals surface area contributed by atoms with Crippen LogP contribution in [-0.2, 0) is 9.59 Å². The predicted molar refractivity (Wildman–Crippen MR) is 54.0 cm³/mol. The largest absolute Gasteiger partial charge is 0.471 e. The summed E-state index contributed by atoms with van der Waals surface area (Å²) in [5, 5.41) is 10.8. The normalized spacial score (nSPS) is 17.1. The number of nitriles is 1. The van der Waals surface area contributed by atoms with Crippen molar-refractivity contribution < 1.29 is 22.8 Å². The predicted octanol–water partition coefficient (Wildman–Crippen LogP) is 0.570. The first-order valence-electron chi connectivity index (χ1n) is 5.37. The van der Waals surface area contributed by atoms with Gasteiger partial charge in [-0.25, -0.2) is 0 Å². The molecule has 100 valence electrons. The van der Waals surface area contributed by atoms with Crippen LogP contribution in [-0.4, -0.2) is 42.0 Å². The number of nitrogens with zero attached hydrogens (tertiary/aromatic N) is 2. The van der Waals surface area contributed by atoms with Crippen molar-refractivity contribution in [2.24, 2.45) is 0 Å². The van der Waals surface area contributed by atoms with Crippen molar-refractivity contribution in [3.05, 3.63) is 0 Å². The number of nitrogens with one attached hydrogen (secondary N) is 1. The number of alkyl halides is 3. The molecule has 8 heteroatoms. The molecule has 0 radical (unpaired) electrons. The summed E-state index contributed by atoms with van der Waals surface area (Å²) in [6.45, 7) is -0.0916. The van der Waals surface area contributed by atoms with Crippen LogP contribution in [0.25, 0.3) is 0 Å². The second kappa shape index (κ2) is 5.71. The van der Waals surface area contributed by atoms with Gasteiger partial charge in [0.2, 0.25) is 5.91 Å². The third-order valence-electron chi connectivity index (χ3n) is 2.63. The monoisotopic (exact) mass is 263 g/mol. The molecule has 0 unspecified atom stereocenters. The van der Waals surface area contributed by atoms with Crippen LogP contribution < -0.4 is 5.32 Å². The molecule has 0 aliphatic carbocycles. The lowest BCUT2D eigenvalue weighted by Gasteiger charge is -2.32. The first-order chi connectivity index (χ1) is 8.34. The molecule has 2 amide bonds. The zero-order valence-electron chi connectivity index (χ0n) is 9.46. The Morgan fingerprint density at radius 3 is 2.33 bits per heavy atom. The minimum atomic E-state index is -4.85. The van der Waals surface area contributed by atoms with Gasteiger partial charge in [-0.3, -0.25) is 9.59 Å². The second-order valence-electron chi connectivity index (χ2n) is 3.97. The Hall–Kier alpha value is -1.78. The maximum atomic E-state index is 12.1. The van der Waals surface area contributed by atoms with Gasteiger partial charge < -0.3 is 10.2 Å². The number of carbonyl (C=O) groups excluding carboxylic acids is 2. The maximum Gasteiger partial charge on any atom is 0.471 e. The Morgan fingerprint density at radius 1 is 1.33 bits per heavy atom. The summed E-state index contributed by atoms with van der Waals surface area (Å²) in [6, 6.07) is 1.40. The highest BCUT2D eigenvalue weighted by Crippen LogP contribution is 2.21. The molecule has 18 heavy (non-hydrogen) atoms. The molecule has 1 aliphatic rings. The van der Waals surface area contributed by atoms with Gasteiger partial charge >= 0.3 is 12.1 Å². The molecule has 1 aliphatic heterocycles. The molecule has 0 aromatic heterocycles. The van der Waals surface area contributed by atoms with E-state index in [4.69, 9.17) is 5.26 Å². The average Bonchev–Trinajstić information content (AvgIpc) is 2.28. The number of halogens is 3. The van der Waals surface area contributed by atoms with Crippen molar-refractivity contribution in [2.45, 2.75) is 31.5 Å². The first-order valence-corrected chi connectivity index (χ1v) is 5.37. The van der Waals surface area contributed by atoms with Crippen LogP contribution in [0.1, 0.15) is 19.3 Å². The Morgan fingerprint density at radius 2 is 1.89 bits per heavy atom. The summed E-state index contributed by atoms with van der Waals surface area (Å²) in [5.41, 5.74) is 0. The van der Waals surface area contributed by atoms with Crippen LogP contribution in [0.5, 0.6) is 0 Å². The van der Waals surface area contributed by atoms with Crippen LogP contribution in [0.15, 0.2) is 0 Å². The second-order valence-corrected chi connectivity index (χ2v) is 3.97. The summed E-state index contributed by atoms with van der Waals surface area (Å²) in [7, 11) is 0. The number of carbonyl (C=O) groups is 2. The van der Waals surface area contributed by atoms with E-state index in [1.165, 1.54) is 0 Å². The van der Waals surface area contributed by atoms with Crippen molar-refractivity contribution in [2.75, 3.05) is 13.1 Å². The molecule has 1 fully saturated rings. The Balaban J connectivity index is 2.40. The molecule has 0 spiro atoms. The van der Waals surface area contributed by atoms with Crippen molar-refractivity contribution in [3.63, 3.8) is 0 Å². The molecule has 0 saturated carbocycles. The third kappa shape index (κ3) is 3.91. The van der Waals surface area contributed by atoms with Gasteiger partial charge in [-0.15, -0.1) is 0 Å². The van der Waals surface area contributed by atoms with Crippen LogP contribution >= 0.6 is 0 Å². The van der Waals surface area contributed by atoms with E-state index in [2.05, 4.69) is 5.32 Å². The highest BCUT2D eigenvalue weighted by Gasteiger charge is 2.43. The van der Waals surface area contributed by atoms with Gasteiger partial charge in [0, 0.05) is 19.1 Å².